The minimum atomic E-state index is -0.933. The molecule has 0 amide bonds. The standard InChI is InChI=1S/C6H14N2O2.Ti/c7-4-2-1-3-5(8)6(9)10;/h5H,1-4,7-8H2,(H,9,10);. The van der Waals surface area contributed by atoms with Crippen molar-refractivity contribution in [3.8, 4) is 0 Å². The van der Waals surface area contributed by atoms with Crippen LogP contribution in [0.15, 0.2) is 0 Å². The Balaban J connectivity index is 0. The monoisotopic (exact) mass is 194 g/mol. The van der Waals surface area contributed by atoms with Crippen molar-refractivity contribution in [3.05, 3.63) is 0 Å². The van der Waals surface area contributed by atoms with Crippen molar-refractivity contribution in [1.82, 2.24) is 0 Å². The van der Waals surface area contributed by atoms with Gasteiger partial charge in [-0.15, -0.1) is 0 Å². The van der Waals surface area contributed by atoms with Gasteiger partial charge in [0.2, 0.25) is 0 Å². The third-order valence-electron chi connectivity index (χ3n) is 1.29. The van der Waals surface area contributed by atoms with Crippen LogP contribution in [0.2, 0.25) is 0 Å². The van der Waals surface area contributed by atoms with E-state index in [4.69, 9.17) is 16.6 Å². The number of hydrogen-bond acceptors (Lipinski definition) is 3. The average molecular weight is 194 g/mol. The number of nitrogens with two attached hydrogens (primary N) is 2. The molecule has 1 unspecified atom stereocenters. The predicted octanol–water partition coefficient (Wildman–Crippen LogP) is -0.475. The van der Waals surface area contributed by atoms with E-state index in [0.29, 0.717) is 13.0 Å². The number of hydrogen-bond donors (Lipinski definition) is 3. The van der Waals surface area contributed by atoms with Crippen LogP contribution in [0.25, 0.3) is 0 Å². The summed E-state index contributed by atoms with van der Waals surface area (Å²) in [6.45, 7) is 0.604. The van der Waals surface area contributed by atoms with Gasteiger partial charge in [0, 0.05) is 21.7 Å². The van der Waals surface area contributed by atoms with Gasteiger partial charge in [0.15, 0.2) is 0 Å². The summed E-state index contributed by atoms with van der Waals surface area (Å²) in [7, 11) is 0. The number of carbonyl (C=O) groups is 1. The molecule has 11 heavy (non-hydrogen) atoms. The maximum absolute atomic E-state index is 10.1. The molecule has 0 aliphatic heterocycles. The molecule has 0 bridgehead atoms. The summed E-state index contributed by atoms with van der Waals surface area (Å²) in [6, 6.07) is -0.716. The maximum atomic E-state index is 10.1. The van der Waals surface area contributed by atoms with Crippen molar-refractivity contribution in [1.29, 1.82) is 0 Å². The van der Waals surface area contributed by atoms with E-state index in [1.807, 2.05) is 0 Å². The van der Waals surface area contributed by atoms with Crippen molar-refractivity contribution in [2.24, 2.45) is 11.5 Å². The van der Waals surface area contributed by atoms with E-state index >= 15 is 0 Å². The van der Waals surface area contributed by atoms with E-state index in [0.717, 1.165) is 12.8 Å². The first-order chi connectivity index (χ1) is 4.68. The fourth-order valence-corrected chi connectivity index (χ4v) is 0.632. The molecule has 64 valence electrons. The van der Waals surface area contributed by atoms with Crippen molar-refractivity contribution < 1.29 is 31.6 Å². The summed E-state index contributed by atoms with van der Waals surface area (Å²) in [6.07, 6.45) is 2.16. The Morgan fingerprint density at radius 1 is 1.45 bits per heavy atom. The van der Waals surface area contributed by atoms with Crippen LogP contribution in [0.4, 0.5) is 0 Å². The van der Waals surface area contributed by atoms with E-state index in [1.165, 1.54) is 0 Å². The molecule has 0 aliphatic rings. The average Bonchev–Trinajstić information content (AvgIpc) is 1.88. The van der Waals surface area contributed by atoms with Crippen molar-refractivity contribution in [2.75, 3.05) is 6.54 Å². The molecule has 0 aromatic heterocycles. The van der Waals surface area contributed by atoms with Gasteiger partial charge in [-0.25, -0.2) is 0 Å². The third kappa shape index (κ3) is 8.01. The smallest absolute Gasteiger partial charge is 0.320 e. The molecule has 0 fully saturated rings. The van der Waals surface area contributed by atoms with Crippen molar-refractivity contribution in [2.45, 2.75) is 25.3 Å². The molecule has 0 aromatic carbocycles. The summed E-state index contributed by atoms with van der Waals surface area (Å²) < 4.78 is 0. The molecule has 0 aromatic rings. The van der Waals surface area contributed by atoms with Gasteiger partial charge < -0.3 is 16.6 Å². The second kappa shape index (κ2) is 8.20. The van der Waals surface area contributed by atoms with Gasteiger partial charge in [0.1, 0.15) is 6.04 Å². The molecule has 0 radical (unpaired) electrons. The van der Waals surface area contributed by atoms with Crippen LogP contribution in [-0.2, 0) is 26.5 Å². The number of aliphatic carboxylic acids is 1. The van der Waals surface area contributed by atoms with Crippen LogP contribution in [0, 0.1) is 0 Å². The summed E-state index contributed by atoms with van der Waals surface area (Å²) in [4.78, 5) is 10.1. The Morgan fingerprint density at radius 2 is 2.00 bits per heavy atom. The number of unbranched alkanes of at least 4 members (excludes halogenated alkanes) is 1. The number of rotatable bonds is 5. The number of carboxylic acids is 1. The van der Waals surface area contributed by atoms with Gasteiger partial charge in [-0.2, -0.15) is 0 Å². The van der Waals surface area contributed by atoms with E-state index in [1.54, 1.807) is 0 Å². The summed E-state index contributed by atoms with van der Waals surface area (Å²) in [5, 5.41) is 8.33. The Labute approximate surface area is 81.2 Å². The molecule has 5 N–H and O–H groups in total. The van der Waals surface area contributed by atoms with Crippen LogP contribution in [0.5, 0.6) is 0 Å². The summed E-state index contributed by atoms with van der Waals surface area (Å²) in [5.74, 6) is -0.933. The Hall–Kier alpha value is 0.104. The molecular formula is C6H14N2O2Ti. The van der Waals surface area contributed by atoms with Crippen molar-refractivity contribution >= 4 is 5.97 Å². The van der Waals surface area contributed by atoms with Crippen LogP contribution >= 0.6 is 0 Å². The molecule has 0 spiro atoms. The molecule has 0 aliphatic carbocycles. The second-order valence-electron chi connectivity index (χ2n) is 2.23. The molecule has 0 saturated carbocycles. The number of carboxylic acid groups (broad SMARTS) is 1. The minimum absolute atomic E-state index is 0. The fraction of sp³-hybridized carbons (Fsp3) is 0.833. The van der Waals surface area contributed by atoms with E-state index in [2.05, 4.69) is 0 Å². The molecule has 1 atom stereocenters. The summed E-state index contributed by atoms with van der Waals surface area (Å²) in [5.41, 5.74) is 10.4. The SMILES string of the molecule is NCCCCC(N)C(=O)O.[Ti]. The van der Waals surface area contributed by atoms with Crippen LogP contribution in [0.1, 0.15) is 19.3 Å². The van der Waals surface area contributed by atoms with Gasteiger partial charge in [-0.1, -0.05) is 6.42 Å². The molecule has 0 heterocycles. The summed E-state index contributed by atoms with van der Waals surface area (Å²) >= 11 is 0. The normalized spacial score (nSPS) is 11.8. The van der Waals surface area contributed by atoms with Gasteiger partial charge in [-0.3, -0.25) is 4.79 Å². The van der Waals surface area contributed by atoms with Crippen LogP contribution in [-0.4, -0.2) is 23.7 Å². The first kappa shape index (κ1) is 13.7. The predicted molar refractivity (Wildman–Crippen MR) is 38.5 cm³/mol. The van der Waals surface area contributed by atoms with Gasteiger partial charge >= 0.3 is 5.97 Å². The molecule has 0 saturated heterocycles. The van der Waals surface area contributed by atoms with Crippen LogP contribution < -0.4 is 11.5 Å². The van der Waals surface area contributed by atoms with Gasteiger partial charge in [0.05, 0.1) is 0 Å². The van der Waals surface area contributed by atoms with Crippen LogP contribution in [0.3, 0.4) is 0 Å². The first-order valence-corrected chi connectivity index (χ1v) is 3.37. The zero-order valence-corrected chi connectivity index (χ0v) is 7.98. The Kier molecular flexibility index (Phi) is 10.2. The van der Waals surface area contributed by atoms with Gasteiger partial charge in [-0.05, 0) is 19.4 Å². The zero-order valence-electron chi connectivity index (χ0n) is 6.42. The molecule has 0 rings (SSSR count). The van der Waals surface area contributed by atoms with E-state index in [9.17, 15) is 4.79 Å². The molecule has 5 heteroatoms. The fourth-order valence-electron chi connectivity index (χ4n) is 0.632. The first-order valence-electron chi connectivity index (χ1n) is 3.37. The minimum Gasteiger partial charge on any atom is -0.480 e. The maximum Gasteiger partial charge on any atom is 0.320 e. The van der Waals surface area contributed by atoms with E-state index in [-0.39, 0.29) is 21.7 Å². The Bertz CT molecular complexity index is 111. The third-order valence-corrected chi connectivity index (χ3v) is 1.29. The topological polar surface area (TPSA) is 89.3 Å². The molecule has 4 nitrogen and oxygen atoms in total. The zero-order chi connectivity index (χ0) is 7.98. The second-order valence-corrected chi connectivity index (χ2v) is 2.23. The largest absolute Gasteiger partial charge is 0.480 e. The van der Waals surface area contributed by atoms with Crippen molar-refractivity contribution in [3.63, 3.8) is 0 Å². The quantitative estimate of drug-likeness (QED) is 0.407. The molecular weight excluding hydrogens is 180 g/mol. The Morgan fingerprint density at radius 3 is 2.36 bits per heavy atom. The van der Waals surface area contributed by atoms with E-state index < -0.39 is 12.0 Å². The van der Waals surface area contributed by atoms with Gasteiger partial charge in [0.25, 0.3) is 0 Å².